The van der Waals surface area contributed by atoms with Crippen LogP contribution in [0.5, 0.6) is 5.75 Å². The van der Waals surface area contributed by atoms with Crippen molar-refractivity contribution in [3.8, 4) is 5.75 Å². The van der Waals surface area contributed by atoms with Crippen molar-refractivity contribution in [1.82, 2.24) is 29.8 Å². The Morgan fingerprint density at radius 1 is 1.07 bits per heavy atom. The Morgan fingerprint density at radius 2 is 1.90 bits per heavy atom. The summed E-state index contributed by atoms with van der Waals surface area (Å²) in [6.45, 7) is 4.08. The van der Waals surface area contributed by atoms with Crippen molar-refractivity contribution in [3.05, 3.63) is 48.7 Å². The molecule has 1 aliphatic rings. The molecule has 1 fully saturated rings. The summed E-state index contributed by atoms with van der Waals surface area (Å²) >= 11 is 0. The van der Waals surface area contributed by atoms with Crippen molar-refractivity contribution >= 4 is 23.4 Å². The van der Waals surface area contributed by atoms with Gasteiger partial charge in [-0.25, -0.2) is 4.98 Å². The quantitative estimate of drug-likeness (QED) is 0.634. The first-order valence-corrected chi connectivity index (χ1v) is 9.35. The van der Waals surface area contributed by atoms with E-state index in [2.05, 4.69) is 40.0 Å². The highest BCUT2D eigenvalue weighted by molar-refractivity contribution is 5.62. The zero-order chi connectivity index (χ0) is 20.1. The predicted molar refractivity (Wildman–Crippen MR) is 110 cm³/mol. The van der Waals surface area contributed by atoms with Crippen LogP contribution in [0.3, 0.4) is 0 Å². The summed E-state index contributed by atoms with van der Waals surface area (Å²) in [5.41, 5.74) is 6.68. The molecule has 0 aliphatic carbocycles. The molecule has 10 nitrogen and oxygen atoms in total. The Labute approximate surface area is 168 Å². The highest BCUT2D eigenvalue weighted by Crippen LogP contribution is 2.25. The number of methoxy groups -OCH3 is 1. The van der Waals surface area contributed by atoms with E-state index in [9.17, 15) is 0 Å². The van der Waals surface area contributed by atoms with E-state index in [1.54, 1.807) is 25.7 Å². The fraction of sp³-hybridized carbons (Fsp3) is 0.316. The monoisotopic (exact) mass is 393 g/mol. The van der Waals surface area contributed by atoms with Gasteiger partial charge in [0.25, 0.3) is 0 Å². The summed E-state index contributed by atoms with van der Waals surface area (Å²) in [5, 5.41) is 3.16. The number of rotatable bonds is 6. The molecule has 0 saturated carbocycles. The number of nitrogen functional groups attached to an aromatic ring is 1. The molecule has 1 aliphatic heterocycles. The molecular weight excluding hydrogens is 370 g/mol. The van der Waals surface area contributed by atoms with Crippen LogP contribution in [0, 0.1) is 0 Å². The zero-order valence-electron chi connectivity index (χ0n) is 16.2. The lowest BCUT2D eigenvalue weighted by molar-refractivity contribution is 0.243. The molecule has 4 rings (SSSR count). The maximum atomic E-state index is 5.91. The number of benzene rings is 1. The molecule has 29 heavy (non-hydrogen) atoms. The number of hydrogen-bond acceptors (Lipinski definition) is 10. The fourth-order valence-electron chi connectivity index (χ4n) is 3.22. The molecule has 1 saturated heterocycles. The van der Waals surface area contributed by atoms with Crippen LogP contribution in [-0.2, 0) is 6.54 Å². The van der Waals surface area contributed by atoms with Gasteiger partial charge in [0, 0.05) is 38.6 Å². The van der Waals surface area contributed by atoms with Crippen LogP contribution < -0.4 is 20.7 Å². The van der Waals surface area contributed by atoms with Gasteiger partial charge in [0.2, 0.25) is 11.9 Å². The van der Waals surface area contributed by atoms with Crippen molar-refractivity contribution in [1.29, 1.82) is 0 Å². The summed E-state index contributed by atoms with van der Waals surface area (Å²) in [6.07, 6.45) is 5.19. The number of anilines is 4. The van der Waals surface area contributed by atoms with Crippen molar-refractivity contribution < 1.29 is 4.74 Å². The summed E-state index contributed by atoms with van der Waals surface area (Å²) in [4.78, 5) is 26.0. The molecule has 0 unspecified atom stereocenters. The largest absolute Gasteiger partial charge is 0.495 e. The molecule has 3 N–H and O–H groups in total. The molecule has 150 valence electrons. The second-order valence-electron chi connectivity index (χ2n) is 6.59. The van der Waals surface area contributed by atoms with E-state index < -0.39 is 0 Å². The maximum absolute atomic E-state index is 5.91. The molecule has 10 heteroatoms. The Bertz CT molecular complexity index is 945. The van der Waals surface area contributed by atoms with Crippen molar-refractivity contribution in [2.24, 2.45) is 0 Å². The van der Waals surface area contributed by atoms with Crippen molar-refractivity contribution in [2.75, 3.05) is 49.2 Å². The Kier molecular flexibility index (Phi) is 5.61. The Hall–Kier alpha value is -3.53. The first-order chi connectivity index (χ1) is 14.2. The summed E-state index contributed by atoms with van der Waals surface area (Å²) in [6, 6.07) is 7.57. The number of ether oxygens (including phenoxy) is 1. The number of para-hydroxylation sites is 2. The van der Waals surface area contributed by atoms with Gasteiger partial charge in [-0.05, 0) is 12.1 Å². The summed E-state index contributed by atoms with van der Waals surface area (Å²) in [5.74, 6) is 2.82. The van der Waals surface area contributed by atoms with Gasteiger partial charge in [0.15, 0.2) is 0 Å². The van der Waals surface area contributed by atoms with Gasteiger partial charge in [-0.15, -0.1) is 0 Å². The first-order valence-electron chi connectivity index (χ1n) is 9.35. The van der Waals surface area contributed by atoms with E-state index in [0.717, 1.165) is 37.7 Å². The minimum absolute atomic E-state index is 0.186. The van der Waals surface area contributed by atoms with Gasteiger partial charge in [0.05, 0.1) is 25.5 Å². The van der Waals surface area contributed by atoms with Crippen LogP contribution in [0.25, 0.3) is 0 Å². The molecule has 0 bridgehead atoms. The SMILES string of the molecule is COc1ccccc1Nc1nc(N)nc(CN2CCN(c3cnccn3)CC2)n1. The van der Waals surface area contributed by atoms with Crippen LogP contribution in [0.1, 0.15) is 5.82 Å². The fourth-order valence-corrected chi connectivity index (χ4v) is 3.22. The lowest BCUT2D eigenvalue weighted by atomic mass is 10.3. The standard InChI is InChI=1S/C19H23N9O/c1-29-15-5-3-2-4-14(15)23-19-25-16(24-18(20)26-19)13-27-8-10-28(11-9-27)17-12-21-6-7-22-17/h2-7,12H,8-11,13H2,1H3,(H3,20,23,24,25,26). The van der Waals surface area contributed by atoms with E-state index in [1.807, 2.05) is 24.3 Å². The second-order valence-corrected chi connectivity index (χ2v) is 6.59. The van der Waals surface area contributed by atoms with Crippen LogP contribution in [0.4, 0.5) is 23.4 Å². The van der Waals surface area contributed by atoms with Gasteiger partial charge >= 0.3 is 0 Å². The number of aromatic nitrogens is 5. The minimum Gasteiger partial charge on any atom is -0.495 e. The van der Waals surface area contributed by atoms with E-state index in [-0.39, 0.29) is 5.95 Å². The van der Waals surface area contributed by atoms with Gasteiger partial charge in [-0.3, -0.25) is 9.88 Å². The van der Waals surface area contributed by atoms with Crippen molar-refractivity contribution in [3.63, 3.8) is 0 Å². The maximum Gasteiger partial charge on any atom is 0.232 e. The van der Waals surface area contributed by atoms with E-state index in [0.29, 0.717) is 24.1 Å². The lowest BCUT2D eigenvalue weighted by Gasteiger charge is -2.34. The summed E-state index contributed by atoms with van der Waals surface area (Å²) in [7, 11) is 1.62. The van der Waals surface area contributed by atoms with Gasteiger partial charge in [-0.2, -0.15) is 15.0 Å². The topological polar surface area (TPSA) is 118 Å². The number of nitrogens with two attached hydrogens (primary N) is 1. The Balaban J connectivity index is 1.41. The molecule has 0 spiro atoms. The predicted octanol–water partition coefficient (Wildman–Crippen LogP) is 1.32. The second kappa shape index (κ2) is 8.65. The zero-order valence-corrected chi connectivity index (χ0v) is 16.2. The first kappa shape index (κ1) is 18.8. The van der Waals surface area contributed by atoms with Crippen LogP contribution in [0.15, 0.2) is 42.9 Å². The average molecular weight is 393 g/mol. The third-order valence-corrected chi connectivity index (χ3v) is 4.66. The molecule has 0 radical (unpaired) electrons. The van der Waals surface area contributed by atoms with Gasteiger partial charge in [0.1, 0.15) is 17.4 Å². The third kappa shape index (κ3) is 4.66. The molecule has 3 aromatic rings. The molecule has 2 aromatic heterocycles. The average Bonchev–Trinajstić information content (AvgIpc) is 2.75. The molecule has 0 amide bonds. The van der Waals surface area contributed by atoms with E-state index in [1.165, 1.54) is 0 Å². The molecule has 3 heterocycles. The van der Waals surface area contributed by atoms with Crippen LogP contribution >= 0.6 is 0 Å². The van der Waals surface area contributed by atoms with Crippen LogP contribution in [-0.4, -0.2) is 63.1 Å². The molecule has 1 aromatic carbocycles. The lowest BCUT2D eigenvalue weighted by Crippen LogP contribution is -2.46. The number of nitrogens with one attached hydrogen (secondary N) is 1. The van der Waals surface area contributed by atoms with Crippen LogP contribution in [0.2, 0.25) is 0 Å². The highest BCUT2D eigenvalue weighted by atomic mass is 16.5. The summed E-state index contributed by atoms with van der Waals surface area (Å²) < 4.78 is 5.36. The van der Waals surface area contributed by atoms with Gasteiger partial charge in [-0.1, -0.05) is 12.1 Å². The Morgan fingerprint density at radius 3 is 2.66 bits per heavy atom. The van der Waals surface area contributed by atoms with Crippen molar-refractivity contribution in [2.45, 2.75) is 6.54 Å². The van der Waals surface area contributed by atoms with E-state index >= 15 is 0 Å². The van der Waals surface area contributed by atoms with E-state index in [4.69, 9.17) is 10.5 Å². The van der Waals surface area contributed by atoms with Gasteiger partial charge < -0.3 is 20.7 Å². The minimum atomic E-state index is 0.186. The number of piperazine rings is 1. The molecular formula is C19H23N9O. The third-order valence-electron chi connectivity index (χ3n) is 4.66. The number of hydrogen-bond donors (Lipinski definition) is 2. The molecule has 0 atom stereocenters. The smallest absolute Gasteiger partial charge is 0.232 e. The number of nitrogens with zero attached hydrogens (tertiary/aromatic N) is 7. The normalized spacial score (nSPS) is 14.6. The highest BCUT2D eigenvalue weighted by Gasteiger charge is 2.19.